The third kappa shape index (κ3) is 5.67. The van der Waals surface area contributed by atoms with Crippen LogP contribution in [0.25, 0.3) is 0 Å². The molecule has 1 amide bonds. The van der Waals surface area contributed by atoms with Crippen LogP contribution >= 0.6 is 0 Å². The number of carbonyl (C=O) groups is 1. The van der Waals surface area contributed by atoms with Crippen molar-refractivity contribution in [2.24, 2.45) is 4.99 Å². The van der Waals surface area contributed by atoms with Gasteiger partial charge in [0.2, 0.25) is 5.91 Å². The van der Waals surface area contributed by atoms with Crippen LogP contribution in [0.2, 0.25) is 0 Å². The second kappa shape index (κ2) is 9.28. The normalized spacial score (nSPS) is 11.1. The fourth-order valence-electron chi connectivity index (χ4n) is 2.13. The summed E-state index contributed by atoms with van der Waals surface area (Å²) in [6.45, 7) is 4.58. The van der Waals surface area contributed by atoms with Gasteiger partial charge in [-0.2, -0.15) is 0 Å². The Labute approximate surface area is 153 Å². The quantitative estimate of drug-likeness (QED) is 0.420. The van der Waals surface area contributed by atoms with Crippen molar-refractivity contribution in [3.8, 4) is 12.3 Å². The number of guanidine groups is 1. The smallest absolute Gasteiger partial charge is 0.243 e. The number of amides is 1. The molecule has 0 saturated heterocycles. The summed E-state index contributed by atoms with van der Waals surface area (Å²) in [5.74, 6) is 3.82. The number of carbonyl (C=O) groups excluding carboxylic acids is 1. The van der Waals surface area contributed by atoms with Gasteiger partial charge in [-0.3, -0.25) is 9.79 Å². The third-order valence-corrected chi connectivity index (χ3v) is 3.55. The van der Waals surface area contributed by atoms with E-state index < -0.39 is 0 Å². The Bertz CT molecular complexity index is 817. The third-order valence-electron chi connectivity index (χ3n) is 3.55. The molecule has 0 aliphatic rings. The van der Waals surface area contributed by atoms with Crippen LogP contribution in [-0.2, 0) is 11.3 Å². The van der Waals surface area contributed by atoms with Crippen LogP contribution in [0.3, 0.4) is 0 Å². The van der Waals surface area contributed by atoms with E-state index in [4.69, 9.17) is 10.9 Å². The number of nitrogens with one attached hydrogen (secondary N) is 3. The minimum Gasteiger partial charge on any atom is -0.359 e. The molecule has 0 unspecified atom stereocenters. The first-order valence-corrected chi connectivity index (χ1v) is 8.28. The number of hydrogen-bond acceptors (Lipinski definition) is 4. The lowest BCUT2D eigenvalue weighted by Gasteiger charge is -2.11. The number of nitrogens with zero attached hydrogens (tertiary/aromatic N) is 2. The first-order valence-electron chi connectivity index (χ1n) is 8.28. The maximum absolute atomic E-state index is 12.0. The van der Waals surface area contributed by atoms with E-state index in [1.165, 1.54) is 0 Å². The van der Waals surface area contributed by atoms with Gasteiger partial charge in [-0.15, -0.1) is 6.42 Å². The molecule has 1 aromatic carbocycles. The zero-order valence-electron chi connectivity index (χ0n) is 15.2. The van der Waals surface area contributed by atoms with Gasteiger partial charge in [0, 0.05) is 24.4 Å². The number of hydrogen-bond donors (Lipinski definition) is 3. The molecule has 7 nitrogen and oxygen atoms in total. The number of terminal acetylenes is 1. The fourth-order valence-corrected chi connectivity index (χ4v) is 2.13. The molecule has 7 heteroatoms. The predicted molar refractivity (Wildman–Crippen MR) is 102 cm³/mol. The van der Waals surface area contributed by atoms with Crippen molar-refractivity contribution < 1.29 is 9.32 Å². The summed E-state index contributed by atoms with van der Waals surface area (Å²) in [6, 6.07) is 9.01. The molecule has 1 heterocycles. The fraction of sp³-hybridized carbons (Fsp3) is 0.316. The summed E-state index contributed by atoms with van der Waals surface area (Å²) < 4.78 is 5.26. The van der Waals surface area contributed by atoms with Gasteiger partial charge >= 0.3 is 0 Å². The molecule has 0 bridgehead atoms. The second-order valence-electron chi connectivity index (χ2n) is 5.93. The highest BCUT2D eigenvalue weighted by molar-refractivity contribution is 5.95. The lowest BCUT2D eigenvalue weighted by Crippen LogP contribution is -2.41. The first-order chi connectivity index (χ1) is 12.5. The van der Waals surface area contributed by atoms with Crippen LogP contribution < -0.4 is 16.0 Å². The van der Waals surface area contributed by atoms with Gasteiger partial charge in [-0.25, -0.2) is 0 Å². The van der Waals surface area contributed by atoms with Gasteiger partial charge in [0.15, 0.2) is 11.7 Å². The summed E-state index contributed by atoms with van der Waals surface area (Å²) in [5, 5.41) is 12.8. The second-order valence-corrected chi connectivity index (χ2v) is 5.93. The molecule has 136 valence electrons. The lowest BCUT2D eigenvalue weighted by atomic mass is 10.1. The van der Waals surface area contributed by atoms with Crippen LogP contribution in [0.1, 0.15) is 36.8 Å². The summed E-state index contributed by atoms with van der Waals surface area (Å²) in [4.78, 5) is 16.1. The van der Waals surface area contributed by atoms with Gasteiger partial charge in [0.25, 0.3) is 0 Å². The van der Waals surface area contributed by atoms with E-state index in [1.54, 1.807) is 31.3 Å². The maximum atomic E-state index is 12.0. The molecule has 2 rings (SSSR count). The Morgan fingerprint density at radius 3 is 2.81 bits per heavy atom. The molecule has 0 aliphatic heterocycles. The van der Waals surface area contributed by atoms with Crippen molar-refractivity contribution in [1.82, 2.24) is 15.8 Å². The summed E-state index contributed by atoms with van der Waals surface area (Å²) in [7, 11) is 1.63. The number of rotatable bonds is 6. The van der Waals surface area contributed by atoms with Crippen LogP contribution in [0.5, 0.6) is 0 Å². The van der Waals surface area contributed by atoms with Crippen LogP contribution in [0.15, 0.2) is 39.8 Å². The molecule has 0 aliphatic carbocycles. The number of aromatic nitrogens is 1. The lowest BCUT2D eigenvalue weighted by molar-refractivity contribution is -0.115. The topological polar surface area (TPSA) is 91.5 Å². The van der Waals surface area contributed by atoms with Gasteiger partial charge in [0.05, 0.1) is 18.8 Å². The summed E-state index contributed by atoms with van der Waals surface area (Å²) in [5.41, 5.74) is 2.26. The van der Waals surface area contributed by atoms with E-state index in [9.17, 15) is 4.79 Å². The SMILES string of the molecule is C#Cc1cccc(NC(=O)CNC(=NC)NCc2cc(C(C)C)no2)c1. The maximum Gasteiger partial charge on any atom is 0.243 e. The van der Waals surface area contributed by atoms with Crippen LogP contribution in [0, 0.1) is 12.3 Å². The molecule has 0 radical (unpaired) electrons. The molecule has 0 fully saturated rings. The Morgan fingerprint density at radius 1 is 1.35 bits per heavy atom. The van der Waals surface area contributed by atoms with E-state index in [0.29, 0.717) is 35.4 Å². The number of benzene rings is 1. The molecule has 0 saturated carbocycles. The van der Waals surface area contributed by atoms with E-state index in [1.807, 2.05) is 19.9 Å². The number of aliphatic imine (C=N–C) groups is 1. The number of anilines is 1. The zero-order chi connectivity index (χ0) is 18.9. The van der Waals surface area contributed by atoms with E-state index in [0.717, 1.165) is 5.69 Å². The Balaban J connectivity index is 1.80. The zero-order valence-corrected chi connectivity index (χ0v) is 15.2. The average molecular weight is 353 g/mol. The highest BCUT2D eigenvalue weighted by atomic mass is 16.5. The van der Waals surface area contributed by atoms with Crippen molar-refractivity contribution in [2.45, 2.75) is 26.3 Å². The van der Waals surface area contributed by atoms with Gasteiger partial charge in [-0.05, 0) is 24.1 Å². The van der Waals surface area contributed by atoms with Crippen LogP contribution in [-0.4, -0.2) is 30.6 Å². The van der Waals surface area contributed by atoms with Gasteiger partial charge in [0.1, 0.15) is 0 Å². The van der Waals surface area contributed by atoms with Gasteiger partial charge in [-0.1, -0.05) is 31.0 Å². The highest BCUT2D eigenvalue weighted by Gasteiger charge is 2.09. The monoisotopic (exact) mass is 353 g/mol. The van der Waals surface area contributed by atoms with Crippen molar-refractivity contribution in [3.63, 3.8) is 0 Å². The summed E-state index contributed by atoms with van der Waals surface area (Å²) in [6.07, 6.45) is 5.35. The minimum absolute atomic E-state index is 0.0631. The van der Waals surface area contributed by atoms with E-state index in [-0.39, 0.29) is 12.5 Å². The largest absolute Gasteiger partial charge is 0.359 e. The van der Waals surface area contributed by atoms with Crippen molar-refractivity contribution in [2.75, 3.05) is 18.9 Å². The molecule has 2 aromatic rings. The molecule has 3 N–H and O–H groups in total. The van der Waals surface area contributed by atoms with Crippen LogP contribution in [0.4, 0.5) is 5.69 Å². The molecule has 0 spiro atoms. The molecule has 26 heavy (non-hydrogen) atoms. The average Bonchev–Trinajstić information content (AvgIpc) is 3.11. The Morgan fingerprint density at radius 2 is 2.15 bits per heavy atom. The van der Waals surface area contributed by atoms with E-state index in [2.05, 4.69) is 32.0 Å². The Kier molecular flexibility index (Phi) is 6.80. The first kappa shape index (κ1) is 19.1. The standard InChI is InChI=1S/C19H23N5O2/c1-5-14-7-6-8-15(9-14)23-18(25)12-22-19(20-4)21-11-16-10-17(13(2)3)24-26-16/h1,6-10,13H,11-12H2,2-4H3,(H,23,25)(H2,20,21,22). The molecule has 1 aromatic heterocycles. The Hall–Kier alpha value is -3.27. The predicted octanol–water partition coefficient (Wildman–Crippen LogP) is 2.08. The molecular weight excluding hydrogens is 330 g/mol. The highest BCUT2D eigenvalue weighted by Crippen LogP contribution is 2.13. The molecular formula is C19H23N5O2. The van der Waals surface area contributed by atoms with Crippen molar-refractivity contribution in [1.29, 1.82) is 0 Å². The van der Waals surface area contributed by atoms with Gasteiger partial charge < -0.3 is 20.5 Å². The van der Waals surface area contributed by atoms with Crippen molar-refractivity contribution in [3.05, 3.63) is 47.3 Å². The molecule has 0 atom stereocenters. The minimum atomic E-state index is -0.205. The van der Waals surface area contributed by atoms with Crippen molar-refractivity contribution >= 4 is 17.6 Å². The summed E-state index contributed by atoms with van der Waals surface area (Å²) >= 11 is 0. The van der Waals surface area contributed by atoms with E-state index >= 15 is 0 Å².